The smallest absolute Gasteiger partial charge is 0.224 e. The van der Waals surface area contributed by atoms with Gasteiger partial charge in [0, 0.05) is 12.2 Å². The molecule has 1 N–H and O–H groups in total. The van der Waals surface area contributed by atoms with E-state index in [0.29, 0.717) is 11.1 Å². The number of hydrogen-bond donors (Lipinski definition) is 1. The van der Waals surface area contributed by atoms with Gasteiger partial charge in [0.1, 0.15) is 5.15 Å². The van der Waals surface area contributed by atoms with E-state index < -0.39 is 0 Å². The van der Waals surface area contributed by atoms with Crippen LogP contribution in [0.1, 0.15) is 12.6 Å². The Morgan fingerprint density at radius 3 is 2.82 bits per heavy atom. The lowest BCUT2D eigenvalue weighted by atomic mass is 10.5. The maximum absolute atomic E-state index is 5.69. The van der Waals surface area contributed by atoms with Crippen molar-refractivity contribution in [2.24, 2.45) is 0 Å². The summed E-state index contributed by atoms with van der Waals surface area (Å²) in [5.74, 6) is 0.595. The summed E-state index contributed by atoms with van der Waals surface area (Å²) < 4.78 is 0. The van der Waals surface area contributed by atoms with Crippen molar-refractivity contribution in [1.29, 1.82) is 0 Å². The molecule has 0 fully saturated rings. The van der Waals surface area contributed by atoms with Crippen molar-refractivity contribution in [2.45, 2.75) is 13.8 Å². The number of halogens is 1. The van der Waals surface area contributed by atoms with Crippen LogP contribution < -0.4 is 5.32 Å². The van der Waals surface area contributed by atoms with Crippen LogP contribution in [0.25, 0.3) is 0 Å². The van der Waals surface area contributed by atoms with Gasteiger partial charge >= 0.3 is 0 Å². The van der Waals surface area contributed by atoms with Crippen molar-refractivity contribution in [2.75, 3.05) is 11.9 Å². The largest absolute Gasteiger partial charge is 0.354 e. The number of aryl methyl sites for hydroxylation is 1. The zero-order valence-electron chi connectivity index (χ0n) is 6.56. The van der Waals surface area contributed by atoms with Gasteiger partial charge < -0.3 is 5.32 Å². The van der Waals surface area contributed by atoms with E-state index in [1.807, 2.05) is 13.8 Å². The van der Waals surface area contributed by atoms with Gasteiger partial charge in [-0.05, 0) is 19.9 Å². The fourth-order valence-corrected chi connectivity index (χ4v) is 1.01. The standard InChI is InChI=1S/C7H10ClN3/c1-3-9-7-10-5(2)4-6(8)11-7/h4H,3H2,1-2H3,(H,9,10,11). The summed E-state index contributed by atoms with van der Waals surface area (Å²) in [5, 5.41) is 3.46. The lowest BCUT2D eigenvalue weighted by molar-refractivity contribution is 1.05. The Balaban J connectivity index is 2.89. The first-order chi connectivity index (χ1) is 5.22. The second-order valence-corrected chi connectivity index (χ2v) is 2.57. The molecule has 4 heteroatoms. The Kier molecular flexibility index (Phi) is 2.65. The minimum absolute atomic E-state index is 0.480. The average Bonchev–Trinajstić information content (AvgIpc) is 1.85. The van der Waals surface area contributed by atoms with Gasteiger partial charge in [-0.3, -0.25) is 0 Å². The van der Waals surface area contributed by atoms with Gasteiger partial charge in [-0.25, -0.2) is 9.97 Å². The summed E-state index contributed by atoms with van der Waals surface area (Å²) in [6.45, 7) is 4.67. The molecule has 0 saturated carbocycles. The maximum Gasteiger partial charge on any atom is 0.224 e. The van der Waals surface area contributed by atoms with E-state index in [0.717, 1.165) is 12.2 Å². The highest BCUT2D eigenvalue weighted by Gasteiger charge is 1.96. The molecule has 60 valence electrons. The Hall–Kier alpha value is -0.830. The number of aromatic nitrogens is 2. The molecule has 1 aromatic rings. The third-order valence-corrected chi connectivity index (χ3v) is 1.35. The second-order valence-electron chi connectivity index (χ2n) is 2.19. The first kappa shape index (κ1) is 8.27. The summed E-state index contributed by atoms with van der Waals surface area (Å²) in [7, 11) is 0. The molecule has 1 heterocycles. The van der Waals surface area contributed by atoms with Crippen LogP contribution in [0.3, 0.4) is 0 Å². The van der Waals surface area contributed by atoms with Crippen LogP contribution in [0.5, 0.6) is 0 Å². The third kappa shape index (κ3) is 2.35. The molecule has 1 aromatic heterocycles. The molecular weight excluding hydrogens is 162 g/mol. The molecule has 3 nitrogen and oxygen atoms in total. The van der Waals surface area contributed by atoms with Gasteiger partial charge in [0.15, 0.2) is 0 Å². The van der Waals surface area contributed by atoms with Crippen molar-refractivity contribution < 1.29 is 0 Å². The molecule has 0 aliphatic heterocycles. The van der Waals surface area contributed by atoms with Crippen LogP contribution in [-0.2, 0) is 0 Å². The fourth-order valence-electron chi connectivity index (χ4n) is 0.767. The summed E-state index contributed by atoms with van der Waals surface area (Å²) in [6, 6.07) is 1.72. The van der Waals surface area contributed by atoms with Gasteiger partial charge in [-0.2, -0.15) is 0 Å². The Morgan fingerprint density at radius 2 is 2.27 bits per heavy atom. The molecule has 1 rings (SSSR count). The van der Waals surface area contributed by atoms with Crippen LogP contribution in [0.15, 0.2) is 6.07 Å². The normalized spacial score (nSPS) is 9.73. The minimum Gasteiger partial charge on any atom is -0.354 e. The second kappa shape index (κ2) is 3.53. The Bertz CT molecular complexity index is 229. The lowest BCUT2D eigenvalue weighted by Gasteiger charge is -2.01. The van der Waals surface area contributed by atoms with Gasteiger partial charge in [0.2, 0.25) is 5.95 Å². The first-order valence-electron chi connectivity index (χ1n) is 3.47. The highest BCUT2D eigenvalue weighted by Crippen LogP contribution is 2.08. The topological polar surface area (TPSA) is 37.8 Å². The van der Waals surface area contributed by atoms with Gasteiger partial charge in [-0.1, -0.05) is 11.6 Å². The summed E-state index contributed by atoms with van der Waals surface area (Å²) >= 11 is 5.69. The molecule has 0 unspecified atom stereocenters. The number of nitrogens with one attached hydrogen (secondary N) is 1. The lowest BCUT2D eigenvalue weighted by Crippen LogP contribution is -2.02. The van der Waals surface area contributed by atoms with Crippen molar-refractivity contribution in [3.63, 3.8) is 0 Å². The quantitative estimate of drug-likeness (QED) is 0.691. The summed E-state index contributed by atoms with van der Waals surface area (Å²) in [5.41, 5.74) is 0.876. The Labute approximate surface area is 70.8 Å². The van der Waals surface area contributed by atoms with E-state index in [2.05, 4.69) is 15.3 Å². The molecule has 11 heavy (non-hydrogen) atoms. The molecule has 0 atom stereocenters. The van der Waals surface area contributed by atoms with Gasteiger partial charge in [0.25, 0.3) is 0 Å². The molecule has 0 aromatic carbocycles. The van der Waals surface area contributed by atoms with E-state index in [1.165, 1.54) is 0 Å². The Morgan fingerprint density at radius 1 is 1.55 bits per heavy atom. The zero-order valence-corrected chi connectivity index (χ0v) is 7.31. The monoisotopic (exact) mass is 171 g/mol. The minimum atomic E-state index is 0.480. The van der Waals surface area contributed by atoms with E-state index in [9.17, 15) is 0 Å². The van der Waals surface area contributed by atoms with Crippen LogP contribution >= 0.6 is 11.6 Å². The van der Waals surface area contributed by atoms with Crippen molar-refractivity contribution in [3.05, 3.63) is 16.9 Å². The van der Waals surface area contributed by atoms with Crippen LogP contribution in [-0.4, -0.2) is 16.5 Å². The summed E-state index contributed by atoms with van der Waals surface area (Å²) in [4.78, 5) is 8.08. The van der Waals surface area contributed by atoms with Crippen molar-refractivity contribution >= 4 is 17.5 Å². The number of anilines is 1. The summed E-state index contributed by atoms with van der Waals surface area (Å²) in [6.07, 6.45) is 0. The van der Waals surface area contributed by atoms with Crippen LogP contribution in [0.4, 0.5) is 5.95 Å². The SMILES string of the molecule is CCNc1nc(C)cc(Cl)n1. The first-order valence-corrected chi connectivity index (χ1v) is 3.85. The molecule has 0 aliphatic carbocycles. The molecule has 0 amide bonds. The third-order valence-electron chi connectivity index (χ3n) is 1.16. The molecule has 0 aliphatic rings. The molecule has 0 bridgehead atoms. The van der Waals surface area contributed by atoms with Gasteiger partial charge in [-0.15, -0.1) is 0 Å². The molecule has 0 radical (unpaired) electrons. The van der Waals surface area contributed by atoms with Crippen LogP contribution in [0, 0.1) is 6.92 Å². The molecule has 0 spiro atoms. The van der Waals surface area contributed by atoms with E-state index in [1.54, 1.807) is 6.07 Å². The van der Waals surface area contributed by atoms with Crippen molar-refractivity contribution in [3.8, 4) is 0 Å². The highest BCUT2D eigenvalue weighted by atomic mass is 35.5. The van der Waals surface area contributed by atoms with Crippen LogP contribution in [0.2, 0.25) is 5.15 Å². The van der Waals surface area contributed by atoms with E-state index in [4.69, 9.17) is 11.6 Å². The number of nitrogens with zero attached hydrogens (tertiary/aromatic N) is 2. The predicted octanol–water partition coefficient (Wildman–Crippen LogP) is 1.87. The predicted molar refractivity (Wildman–Crippen MR) is 45.9 cm³/mol. The number of rotatable bonds is 2. The molecule has 0 saturated heterocycles. The number of hydrogen-bond acceptors (Lipinski definition) is 3. The average molecular weight is 172 g/mol. The zero-order chi connectivity index (χ0) is 8.27. The maximum atomic E-state index is 5.69. The van der Waals surface area contributed by atoms with Crippen molar-refractivity contribution in [1.82, 2.24) is 9.97 Å². The molecular formula is C7H10ClN3. The van der Waals surface area contributed by atoms with E-state index >= 15 is 0 Å². The van der Waals surface area contributed by atoms with Gasteiger partial charge in [0.05, 0.1) is 0 Å². The fraction of sp³-hybridized carbons (Fsp3) is 0.429. The van der Waals surface area contributed by atoms with E-state index in [-0.39, 0.29) is 0 Å². The highest BCUT2D eigenvalue weighted by molar-refractivity contribution is 6.29.